The van der Waals surface area contributed by atoms with Crippen molar-refractivity contribution < 1.29 is 13.5 Å². The molecule has 0 atom stereocenters. The van der Waals surface area contributed by atoms with E-state index in [0.717, 1.165) is 32.7 Å². The van der Waals surface area contributed by atoms with Crippen molar-refractivity contribution in [3.8, 4) is 5.75 Å². The molecule has 140 valence electrons. The molecule has 0 unspecified atom stereocenters. The fraction of sp³-hybridized carbons (Fsp3) is 0.684. The molecule has 25 heavy (non-hydrogen) atoms. The van der Waals surface area contributed by atoms with Crippen LogP contribution in [0, 0.1) is 11.6 Å². The zero-order valence-corrected chi connectivity index (χ0v) is 15.3. The zero-order valence-electron chi connectivity index (χ0n) is 15.3. The van der Waals surface area contributed by atoms with Gasteiger partial charge in [-0.2, -0.15) is 0 Å². The van der Waals surface area contributed by atoms with Gasteiger partial charge in [0.05, 0.1) is 0 Å². The van der Waals surface area contributed by atoms with E-state index in [4.69, 9.17) is 4.74 Å². The second kappa shape index (κ2) is 8.32. The normalized spacial score (nSPS) is 19.8. The van der Waals surface area contributed by atoms with Gasteiger partial charge in [-0.1, -0.05) is 0 Å². The third-order valence-corrected chi connectivity index (χ3v) is 5.23. The third kappa shape index (κ3) is 4.61. The topological polar surface area (TPSA) is 19.0 Å². The molecule has 0 amide bonds. The van der Waals surface area contributed by atoms with E-state index in [9.17, 15) is 8.78 Å². The Morgan fingerprint density at radius 3 is 2.12 bits per heavy atom. The molecule has 2 saturated heterocycles. The fourth-order valence-electron chi connectivity index (χ4n) is 3.69. The lowest BCUT2D eigenvalue weighted by Gasteiger charge is -2.38. The van der Waals surface area contributed by atoms with E-state index in [1.165, 1.54) is 25.0 Å². The lowest BCUT2D eigenvalue weighted by molar-refractivity contribution is 0.208. The Kier molecular flexibility index (Phi) is 6.12. The summed E-state index contributed by atoms with van der Waals surface area (Å²) in [5.74, 6) is -0.790. The average molecular weight is 353 g/mol. The van der Waals surface area contributed by atoms with E-state index in [2.05, 4.69) is 23.6 Å². The number of benzene rings is 1. The molecule has 0 aromatic heterocycles. The number of anilines is 1. The Morgan fingerprint density at radius 1 is 0.960 bits per heavy atom. The lowest BCUT2D eigenvalue weighted by Crippen LogP contribution is -2.49. The maximum atomic E-state index is 14.5. The highest BCUT2D eigenvalue weighted by Gasteiger charge is 2.24. The number of likely N-dealkylation sites (tertiary alicyclic amines) is 1. The van der Waals surface area contributed by atoms with Crippen LogP contribution in [0.15, 0.2) is 12.1 Å². The SMILES string of the molecule is CC(C)N1CCN(c2c(F)cc(OCCN3CCCC3)cc2F)CC1. The molecule has 2 aliphatic rings. The number of hydrogen-bond acceptors (Lipinski definition) is 4. The Morgan fingerprint density at radius 2 is 1.56 bits per heavy atom. The van der Waals surface area contributed by atoms with Gasteiger partial charge >= 0.3 is 0 Å². The quantitative estimate of drug-likeness (QED) is 0.783. The third-order valence-electron chi connectivity index (χ3n) is 5.23. The number of hydrogen-bond donors (Lipinski definition) is 0. The molecule has 0 saturated carbocycles. The number of ether oxygens (including phenoxy) is 1. The van der Waals surface area contributed by atoms with Gasteiger partial charge in [0.15, 0.2) is 11.6 Å². The lowest BCUT2D eigenvalue weighted by atomic mass is 10.2. The summed E-state index contributed by atoms with van der Waals surface area (Å²) in [6.45, 7) is 10.7. The van der Waals surface area contributed by atoms with Gasteiger partial charge in [-0.3, -0.25) is 9.80 Å². The summed E-state index contributed by atoms with van der Waals surface area (Å²) in [5, 5.41) is 0. The van der Waals surface area contributed by atoms with E-state index in [1.54, 1.807) is 4.90 Å². The molecule has 4 nitrogen and oxygen atoms in total. The maximum absolute atomic E-state index is 14.5. The minimum atomic E-state index is -0.533. The monoisotopic (exact) mass is 353 g/mol. The Labute approximate surface area is 149 Å². The van der Waals surface area contributed by atoms with E-state index in [0.29, 0.717) is 25.7 Å². The minimum Gasteiger partial charge on any atom is -0.492 e. The highest BCUT2D eigenvalue weighted by Crippen LogP contribution is 2.29. The standard InChI is InChI=1S/C19H29F2N3O/c1-15(2)23-7-9-24(10-8-23)19-17(20)13-16(14-18(19)21)25-12-11-22-5-3-4-6-22/h13-15H,3-12H2,1-2H3. The van der Waals surface area contributed by atoms with Gasteiger partial charge in [-0.25, -0.2) is 8.78 Å². The molecular formula is C19H29F2N3O. The van der Waals surface area contributed by atoms with Crippen molar-refractivity contribution in [2.24, 2.45) is 0 Å². The van der Waals surface area contributed by atoms with Gasteiger partial charge < -0.3 is 9.64 Å². The van der Waals surface area contributed by atoms with Crippen molar-refractivity contribution in [2.75, 3.05) is 57.3 Å². The van der Waals surface area contributed by atoms with Gasteiger partial charge in [-0.15, -0.1) is 0 Å². The first-order valence-electron chi connectivity index (χ1n) is 9.38. The summed E-state index contributed by atoms with van der Waals surface area (Å²) in [6.07, 6.45) is 2.45. The molecule has 0 radical (unpaired) electrons. The first kappa shape index (κ1) is 18.4. The van der Waals surface area contributed by atoms with Crippen LogP contribution < -0.4 is 9.64 Å². The van der Waals surface area contributed by atoms with Gasteiger partial charge in [0, 0.05) is 50.9 Å². The fourth-order valence-corrected chi connectivity index (χ4v) is 3.69. The molecule has 0 bridgehead atoms. The highest BCUT2D eigenvalue weighted by atomic mass is 19.1. The molecular weight excluding hydrogens is 324 g/mol. The van der Waals surface area contributed by atoms with Crippen molar-refractivity contribution in [2.45, 2.75) is 32.7 Å². The predicted octanol–water partition coefficient (Wildman–Crippen LogP) is 2.97. The molecule has 3 rings (SSSR count). The van der Waals surface area contributed by atoms with Crippen molar-refractivity contribution >= 4 is 5.69 Å². The van der Waals surface area contributed by atoms with Gasteiger partial charge in [0.1, 0.15) is 18.0 Å². The summed E-state index contributed by atoms with van der Waals surface area (Å²) in [5.41, 5.74) is 0.0790. The van der Waals surface area contributed by atoms with Crippen molar-refractivity contribution in [1.82, 2.24) is 9.80 Å². The summed E-state index contributed by atoms with van der Waals surface area (Å²) in [7, 11) is 0. The molecule has 2 heterocycles. The van der Waals surface area contributed by atoms with Crippen LogP contribution in [-0.2, 0) is 0 Å². The Balaban J connectivity index is 1.58. The van der Waals surface area contributed by atoms with Crippen molar-refractivity contribution in [3.63, 3.8) is 0 Å². The van der Waals surface area contributed by atoms with E-state index >= 15 is 0 Å². The van der Waals surface area contributed by atoms with Crippen LogP contribution in [-0.4, -0.2) is 68.3 Å². The van der Waals surface area contributed by atoms with Gasteiger partial charge in [0.2, 0.25) is 0 Å². The zero-order chi connectivity index (χ0) is 17.8. The molecule has 0 spiro atoms. The van der Waals surface area contributed by atoms with Crippen LogP contribution in [0.2, 0.25) is 0 Å². The highest BCUT2D eigenvalue weighted by molar-refractivity contribution is 5.52. The molecule has 1 aromatic carbocycles. The first-order chi connectivity index (χ1) is 12.0. The van der Waals surface area contributed by atoms with E-state index in [1.807, 2.05) is 0 Å². The number of nitrogens with zero attached hydrogens (tertiary/aromatic N) is 3. The second-order valence-corrected chi connectivity index (χ2v) is 7.25. The van der Waals surface area contributed by atoms with Crippen LogP contribution in [0.1, 0.15) is 26.7 Å². The molecule has 6 heteroatoms. The Hall–Kier alpha value is -1.40. The summed E-state index contributed by atoms with van der Waals surface area (Å²) in [4.78, 5) is 6.44. The van der Waals surface area contributed by atoms with E-state index in [-0.39, 0.29) is 11.4 Å². The number of halogens is 2. The number of piperazine rings is 1. The van der Waals surface area contributed by atoms with Crippen molar-refractivity contribution in [1.29, 1.82) is 0 Å². The summed E-state index contributed by atoms with van der Waals surface area (Å²) < 4.78 is 34.6. The molecule has 2 aliphatic heterocycles. The Bertz CT molecular complexity index is 545. The second-order valence-electron chi connectivity index (χ2n) is 7.25. The largest absolute Gasteiger partial charge is 0.492 e. The van der Waals surface area contributed by atoms with Crippen LogP contribution in [0.5, 0.6) is 5.75 Å². The maximum Gasteiger partial charge on any atom is 0.153 e. The molecule has 0 aliphatic carbocycles. The molecule has 0 N–H and O–H groups in total. The molecule has 2 fully saturated rings. The number of rotatable bonds is 6. The van der Waals surface area contributed by atoms with E-state index < -0.39 is 11.6 Å². The minimum absolute atomic E-state index is 0.0790. The van der Waals surface area contributed by atoms with Crippen LogP contribution in [0.3, 0.4) is 0 Å². The summed E-state index contributed by atoms with van der Waals surface area (Å²) in [6, 6.07) is 3.09. The van der Waals surface area contributed by atoms with Crippen LogP contribution in [0.4, 0.5) is 14.5 Å². The van der Waals surface area contributed by atoms with Gasteiger partial charge in [-0.05, 0) is 39.8 Å². The first-order valence-corrected chi connectivity index (χ1v) is 9.38. The summed E-state index contributed by atoms with van der Waals surface area (Å²) >= 11 is 0. The average Bonchev–Trinajstić information content (AvgIpc) is 3.08. The molecule has 1 aromatic rings. The van der Waals surface area contributed by atoms with Crippen molar-refractivity contribution in [3.05, 3.63) is 23.8 Å². The van der Waals surface area contributed by atoms with Crippen LogP contribution in [0.25, 0.3) is 0 Å². The smallest absolute Gasteiger partial charge is 0.153 e. The van der Waals surface area contributed by atoms with Crippen LogP contribution >= 0.6 is 0 Å². The predicted molar refractivity (Wildman–Crippen MR) is 96.4 cm³/mol. The van der Waals surface area contributed by atoms with Gasteiger partial charge in [0.25, 0.3) is 0 Å².